The third-order valence-electron chi connectivity index (χ3n) is 1.22. The molecule has 1 aliphatic heterocycles. The molecule has 5 nitrogen and oxygen atoms in total. The highest BCUT2D eigenvalue weighted by atomic mass is 16.2. The Labute approximate surface area is 64.2 Å². The molecule has 11 heavy (non-hydrogen) atoms. The minimum atomic E-state index is -0.254. The number of nitrogens with zero attached hydrogens (tertiary/aromatic N) is 1. The molecule has 0 radical (unpaired) electrons. The van der Waals surface area contributed by atoms with Crippen molar-refractivity contribution < 1.29 is 4.79 Å². The minimum Gasteiger partial charge on any atom is -0.369 e. The first-order valence-corrected chi connectivity index (χ1v) is 3.30. The number of carbonyl (C=O) groups excluding carboxylic acids is 1. The van der Waals surface area contributed by atoms with Crippen molar-refractivity contribution in [3.05, 3.63) is 11.8 Å². The zero-order valence-electron chi connectivity index (χ0n) is 6.00. The van der Waals surface area contributed by atoms with Crippen LogP contribution in [0.2, 0.25) is 0 Å². The maximum Gasteiger partial charge on any atom is 0.276 e. The Morgan fingerprint density at radius 2 is 2.36 bits per heavy atom. The van der Waals surface area contributed by atoms with Crippen LogP contribution in [0, 0.1) is 0 Å². The molecule has 0 spiro atoms. The van der Waals surface area contributed by atoms with Crippen LogP contribution >= 0.6 is 0 Å². The lowest BCUT2D eigenvalue weighted by atomic mass is 10.3. The third kappa shape index (κ3) is 1.78. The van der Waals surface area contributed by atoms with E-state index in [2.05, 4.69) is 10.3 Å². The predicted molar refractivity (Wildman–Crippen MR) is 41.5 cm³/mol. The highest BCUT2D eigenvalue weighted by molar-refractivity contribution is 6.10. The van der Waals surface area contributed by atoms with Crippen LogP contribution in [0.1, 0.15) is 6.42 Å². The van der Waals surface area contributed by atoms with E-state index in [0.29, 0.717) is 18.7 Å². The molecule has 0 aromatic carbocycles. The normalized spacial score (nSPS) is 20.3. The van der Waals surface area contributed by atoms with Gasteiger partial charge < -0.3 is 11.5 Å². The Kier molecular flexibility index (Phi) is 2.22. The molecule has 0 aromatic rings. The van der Waals surface area contributed by atoms with Crippen molar-refractivity contribution in [2.75, 3.05) is 6.54 Å². The summed E-state index contributed by atoms with van der Waals surface area (Å²) in [7, 11) is 0. The lowest BCUT2D eigenvalue weighted by Gasteiger charge is -1.89. The van der Waals surface area contributed by atoms with Gasteiger partial charge in [0.05, 0.1) is 0 Å². The van der Waals surface area contributed by atoms with Gasteiger partial charge in [0.15, 0.2) is 0 Å². The monoisotopic (exact) mass is 154 g/mol. The van der Waals surface area contributed by atoms with Crippen molar-refractivity contribution in [1.29, 1.82) is 0 Å². The van der Waals surface area contributed by atoms with Crippen LogP contribution in [-0.4, -0.2) is 18.4 Å². The molecule has 1 heterocycles. The van der Waals surface area contributed by atoms with Crippen molar-refractivity contribution in [1.82, 2.24) is 5.32 Å². The van der Waals surface area contributed by atoms with E-state index in [1.165, 1.54) is 0 Å². The lowest BCUT2D eigenvalue weighted by molar-refractivity contribution is -0.115. The molecule has 0 unspecified atom stereocenters. The highest BCUT2D eigenvalue weighted by Gasteiger charge is 2.16. The van der Waals surface area contributed by atoms with Gasteiger partial charge in [0.2, 0.25) is 5.96 Å². The van der Waals surface area contributed by atoms with Crippen LogP contribution in [0.3, 0.4) is 0 Å². The Bertz CT molecular complexity index is 231. The van der Waals surface area contributed by atoms with E-state index >= 15 is 0 Å². The van der Waals surface area contributed by atoms with Gasteiger partial charge in [-0.05, 0) is 13.0 Å². The molecular weight excluding hydrogens is 144 g/mol. The first kappa shape index (κ1) is 7.74. The van der Waals surface area contributed by atoms with Crippen molar-refractivity contribution >= 4 is 11.9 Å². The molecule has 0 atom stereocenters. The first-order chi connectivity index (χ1) is 5.24. The number of carbonyl (C=O) groups is 1. The number of nitrogens with two attached hydrogens (primary N) is 2. The van der Waals surface area contributed by atoms with Crippen LogP contribution in [0.4, 0.5) is 0 Å². The van der Waals surface area contributed by atoms with E-state index in [1.807, 2.05) is 0 Å². The number of hydrogen-bond acceptors (Lipinski definition) is 4. The van der Waals surface area contributed by atoms with Crippen molar-refractivity contribution in [2.24, 2.45) is 16.5 Å². The molecular formula is C6H10N4O. The molecule has 1 amide bonds. The smallest absolute Gasteiger partial charge is 0.276 e. The molecule has 60 valence electrons. The summed E-state index contributed by atoms with van der Waals surface area (Å²) in [5.74, 6) is -0.103. The van der Waals surface area contributed by atoms with Gasteiger partial charge in [0, 0.05) is 0 Å². The van der Waals surface area contributed by atoms with E-state index in [4.69, 9.17) is 11.5 Å². The number of aliphatic imine (C=N–C) groups is 1. The molecule has 0 saturated carbocycles. The number of rotatable bonds is 2. The molecule has 1 rings (SSSR count). The molecule has 0 aromatic heterocycles. The van der Waals surface area contributed by atoms with E-state index in [-0.39, 0.29) is 11.9 Å². The van der Waals surface area contributed by atoms with E-state index in [0.717, 1.165) is 0 Å². The van der Waals surface area contributed by atoms with Crippen molar-refractivity contribution in [3.8, 4) is 0 Å². The summed E-state index contributed by atoms with van der Waals surface area (Å²) in [6.45, 7) is 0.506. The largest absolute Gasteiger partial charge is 0.369 e. The number of guanidine groups is 1. The SMILES string of the molecule is NCCC=C1N=C(N)NC1=O. The second-order valence-corrected chi connectivity index (χ2v) is 2.12. The van der Waals surface area contributed by atoms with Gasteiger partial charge in [-0.1, -0.05) is 6.08 Å². The summed E-state index contributed by atoms with van der Waals surface area (Å²) in [5.41, 5.74) is 10.8. The summed E-state index contributed by atoms with van der Waals surface area (Å²) in [4.78, 5) is 14.6. The molecule has 0 saturated heterocycles. The van der Waals surface area contributed by atoms with Gasteiger partial charge in [-0.25, -0.2) is 4.99 Å². The Hall–Kier alpha value is -1.36. The van der Waals surface area contributed by atoms with Crippen LogP contribution in [0.25, 0.3) is 0 Å². The highest BCUT2D eigenvalue weighted by Crippen LogP contribution is 2.03. The summed E-state index contributed by atoms with van der Waals surface area (Å²) in [5, 5.41) is 2.36. The molecule has 1 aliphatic rings. The second-order valence-electron chi connectivity index (χ2n) is 2.12. The van der Waals surface area contributed by atoms with Crippen LogP contribution in [0.15, 0.2) is 16.8 Å². The van der Waals surface area contributed by atoms with Gasteiger partial charge in [0.25, 0.3) is 5.91 Å². The van der Waals surface area contributed by atoms with Crippen LogP contribution in [-0.2, 0) is 4.79 Å². The summed E-state index contributed by atoms with van der Waals surface area (Å²) in [6.07, 6.45) is 2.30. The van der Waals surface area contributed by atoms with E-state index in [1.54, 1.807) is 6.08 Å². The van der Waals surface area contributed by atoms with Gasteiger partial charge in [-0.15, -0.1) is 0 Å². The molecule has 0 aliphatic carbocycles. The first-order valence-electron chi connectivity index (χ1n) is 3.30. The predicted octanol–water partition coefficient (Wildman–Crippen LogP) is -1.34. The fourth-order valence-corrected chi connectivity index (χ4v) is 0.747. The second kappa shape index (κ2) is 3.16. The van der Waals surface area contributed by atoms with Crippen molar-refractivity contribution in [3.63, 3.8) is 0 Å². The average molecular weight is 154 g/mol. The Morgan fingerprint density at radius 1 is 1.64 bits per heavy atom. The average Bonchev–Trinajstić information content (AvgIpc) is 2.26. The summed E-state index contributed by atoms with van der Waals surface area (Å²) < 4.78 is 0. The third-order valence-corrected chi connectivity index (χ3v) is 1.22. The van der Waals surface area contributed by atoms with Crippen LogP contribution < -0.4 is 16.8 Å². The van der Waals surface area contributed by atoms with Gasteiger partial charge in [-0.2, -0.15) is 0 Å². The number of hydrogen-bond donors (Lipinski definition) is 3. The maximum absolute atomic E-state index is 10.9. The van der Waals surface area contributed by atoms with Gasteiger partial charge >= 0.3 is 0 Å². The minimum absolute atomic E-state index is 0.151. The van der Waals surface area contributed by atoms with Crippen LogP contribution in [0.5, 0.6) is 0 Å². The Balaban J connectivity index is 2.65. The standard InChI is InChI=1S/C6H10N4O/c7-3-1-2-4-5(11)10-6(8)9-4/h2H,1,3,7H2,(H3,8,9,10,11). The Morgan fingerprint density at radius 3 is 2.82 bits per heavy atom. The molecule has 0 fully saturated rings. The molecule has 5 N–H and O–H groups in total. The van der Waals surface area contributed by atoms with Gasteiger partial charge in [-0.3, -0.25) is 10.1 Å². The zero-order chi connectivity index (χ0) is 8.27. The topological polar surface area (TPSA) is 93.5 Å². The zero-order valence-corrected chi connectivity index (χ0v) is 6.00. The lowest BCUT2D eigenvalue weighted by Crippen LogP contribution is -2.30. The van der Waals surface area contributed by atoms with E-state index in [9.17, 15) is 4.79 Å². The summed E-state index contributed by atoms with van der Waals surface area (Å²) >= 11 is 0. The maximum atomic E-state index is 10.9. The number of amides is 1. The van der Waals surface area contributed by atoms with Gasteiger partial charge in [0.1, 0.15) is 5.70 Å². The van der Waals surface area contributed by atoms with E-state index < -0.39 is 0 Å². The molecule has 0 bridgehead atoms. The summed E-state index contributed by atoms with van der Waals surface area (Å²) in [6, 6.07) is 0. The quantitative estimate of drug-likeness (QED) is 0.430. The fraction of sp³-hybridized carbons (Fsp3) is 0.333. The van der Waals surface area contributed by atoms with Crippen molar-refractivity contribution in [2.45, 2.75) is 6.42 Å². The number of nitrogens with one attached hydrogen (secondary N) is 1. The molecule has 5 heteroatoms. The fourth-order valence-electron chi connectivity index (χ4n) is 0.747.